The molecule has 5 aromatic rings. The van der Waals surface area contributed by atoms with Crippen molar-refractivity contribution < 1.29 is 4.79 Å². The molecular weight excluding hydrogens is 494 g/mol. The molecule has 0 saturated heterocycles. The maximum atomic E-state index is 14.0. The number of aromatic nitrogens is 3. The molecular formula is C31H28ClN5O. The summed E-state index contributed by atoms with van der Waals surface area (Å²) < 4.78 is 4.13. The lowest BCUT2D eigenvalue weighted by molar-refractivity contribution is 0.194. The number of benzene rings is 3. The topological polar surface area (TPSA) is 55.1 Å². The molecule has 6 rings (SSSR count). The summed E-state index contributed by atoms with van der Waals surface area (Å²) in [6.45, 7) is 4.51. The number of hydrogen-bond donors (Lipinski definition) is 1. The lowest BCUT2D eigenvalue weighted by Gasteiger charge is -2.31. The number of para-hydroxylation sites is 1. The van der Waals surface area contributed by atoms with Gasteiger partial charge < -0.3 is 14.8 Å². The molecule has 1 aliphatic heterocycles. The lowest BCUT2D eigenvalue weighted by Crippen LogP contribution is -2.38. The van der Waals surface area contributed by atoms with E-state index in [1.54, 1.807) is 0 Å². The van der Waals surface area contributed by atoms with Gasteiger partial charge >= 0.3 is 6.03 Å². The maximum Gasteiger partial charge on any atom is 0.322 e. The van der Waals surface area contributed by atoms with E-state index in [0.717, 1.165) is 46.1 Å². The van der Waals surface area contributed by atoms with Crippen molar-refractivity contribution in [1.29, 1.82) is 0 Å². The standard InChI is InChI=1S/C31H28ClN5O/c1-3-22-11-17-25(18-12-22)33-31(38)36-20-27-21(2)34-37(26-8-5-4-6-9-26)30(27)35-19-7-10-28(35)29(36)23-13-15-24(32)16-14-23/h4-19,29H,3,20H2,1-2H3,(H,33,38)/t29-/m1/s1. The summed E-state index contributed by atoms with van der Waals surface area (Å²) in [6.07, 6.45) is 2.99. The van der Waals surface area contributed by atoms with Gasteiger partial charge in [-0.2, -0.15) is 5.10 Å². The third kappa shape index (κ3) is 4.27. The van der Waals surface area contributed by atoms with Crippen LogP contribution in [0.3, 0.4) is 0 Å². The number of rotatable bonds is 4. The second-order valence-corrected chi connectivity index (χ2v) is 9.94. The van der Waals surface area contributed by atoms with E-state index >= 15 is 0 Å². The number of carbonyl (C=O) groups is 1. The summed E-state index contributed by atoms with van der Waals surface area (Å²) in [5, 5.41) is 8.70. The molecule has 0 saturated carbocycles. The average Bonchev–Trinajstić information content (AvgIpc) is 3.50. The van der Waals surface area contributed by atoms with Gasteiger partial charge in [-0.05, 0) is 73.0 Å². The zero-order valence-electron chi connectivity index (χ0n) is 21.3. The van der Waals surface area contributed by atoms with E-state index in [2.05, 4.69) is 22.9 Å². The highest BCUT2D eigenvalue weighted by molar-refractivity contribution is 6.30. The molecule has 2 amide bonds. The Labute approximate surface area is 227 Å². The molecule has 1 N–H and O–H groups in total. The maximum absolute atomic E-state index is 14.0. The molecule has 0 spiro atoms. The van der Waals surface area contributed by atoms with Gasteiger partial charge in [-0.15, -0.1) is 0 Å². The van der Waals surface area contributed by atoms with Crippen molar-refractivity contribution in [3.8, 4) is 11.5 Å². The second-order valence-electron chi connectivity index (χ2n) is 9.50. The fourth-order valence-corrected chi connectivity index (χ4v) is 5.29. The smallest absolute Gasteiger partial charge is 0.308 e. The van der Waals surface area contributed by atoms with Crippen LogP contribution in [-0.4, -0.2) is 25.3 Å². The first-order valence-electron chi connectivity index (χ1n) is 12.8. The van der Waals surface area contributed by atoms with Crippen LogP contribution in [0.5, 0.6) is 0 Å². The molecule has 1 atom stereocenters. The van der Waals surface area contributed by atoms with Crippen molar-refractivity contribution in [2.24, 2.45) is 0 Å². The molecule has 6 nitrogen and oxygen atoms in total. The number of aryl methyl sites for hydroxylation is 2. The molecule has 0 aliphatic carbocycles. The van der Waals surface area contributed by atoms with Crippen LogP contribution in [-0.2, 0) is 13.0 Å². The minimum Gasteiger partial charge on any atom is -0.308 e. The van der Waals surface area contributed by atoms with Crippen LogP contribution in [0.15, 0.2) is 97.2 Å². The van der Waals surface area contributed by atoms with Crippen LogP contribution in [0.4, 0.5) is 10.5 Å². The van der Waals surface area contributed by atoms with E-state index in [9.17, 15) is 4.79 Å². The molecule has 3 heterocycles. The van der Waals surface area contributed by atoms with Gasteiger partial charge in [0, 0.05) is 22.5 Å². The molecule has 0 bridgehead atoms. The molecule has 1 aliphatic rings. The Morgan fingerprint density at radius 3 is 2.42 bits per heavy atom. The van der Waals surface area contributed by atoms with Crippen molar-refractivity contribution in [2.45, 2.75) is 32.9 Å². The van der Waals surface area contributed by atoms with E-state index in [-0.39, 0.29) is 12.1 Å². The number of urea groups is 1. The first-order valence-corrected chi connectivity index (χ1v) is 13.1. The summed E-state index contributed by atoms with van der Waals surface area (Å²) >= 11 is 6.25. The molecule has 0 fully saturated rings. The SMILES string of the molecule is CCc1ccc(NC(=O)N2Cc3c(C)nn(-c4ccccc4)c3-n3cccc3[C@H]2c2ccc(Cl)cc2)cc1. The predicted octanol–water partition coefficient (Wildman–Crippen LogP) is 7.32. The fourth-order valence-electron chi connectivity index (χ4n) is 5.16. The van der Waals surface area contributed by atoms with Gasteiger partial charge in [-0.3, -0.25) is 0 Å². The molecule has 2 aromatic heterocycles. The first-order chi connectivity index (χ1) is 18.5. The highest BCUT2D eigenvalue weighted by atomic mass is 35.5. The van der Waals surface area contributed by atoms with Crippen molar-refractivity contribution in [1.82, 2.24) is 19.2 Å². The van der Waals surface area contributed by atoms with Crippen LogP contribution < -0.4 is 5.32 Å². The van der Waals surface area contributed by atoms with Gasteiger partial charge in [0.15, 0.2) is 0 Å². The predicted molar refractivity (Wildman–Crippen MR) is 151 cm³/mol. The third-order valence-corrected chi connectivity index (χ3v) is 7.40. The summed E-state index contributed by atoms with van der Waals surface area (Å²) in [6, 6.07) is 29.4. The Kier molecular flexibility index (Phi) is 6.26. The number of amides is 2. The number of nitrogens with one attached hydrogen (secondary N) is 1. The zero-order valence-corrected chi connectivity index (χ0v) is 22.1. The molecule has 190 valence electrons. The van der Waals surface area contributed by atoms with Crippen LogP contribution in [0.1, 0.15) is 41.0 Å². The minimum atomic E-state index is -0.340. The zero-order chi connectivity index (χ0) is 26.2. The van der Waals surface area contributed by atoms with Crippen molar-refractivity contribution in [3.05, 3.63) is 130 Å². The molecule has 38 heavy (non-hydrogen) atoms. The van der Waals surface area contributed by atoms with Gasteiger partial charge in [0.05, 0.1) is 29.7 Å². The van der Waals surface area contributed by atoms with Gasteiger partial charge in [-0.1, -0.05) is 61.0 Å². The van der Waals surface area contributed by atoms with E-state index in [1.807, 2.05) is 108 Å². The summed E-state index contributed by atoms with van der Waals surface area (Å²) in [7, 11) is 0. The monoisotopic (exact) mass is 521 g/mol. The Morgan fingerprint density at radius 2 is 1.71 bits per heavy atom. The number of fused-ring (bicyclic) bond motifs is 3. The normalized spacial score (nSPS) is 14.5. The van der Waals surface area contributed by atoms with E-state index < -0.39 is 0 Å². The average molecular weight is 522 g/mol. The highest BCUT2D eigenvalue weighted by Crippen LogP contribution is 2.39. The van der Waals surface area contributed by atoms with Crippen LogP contribution >= 0.6 is 11.6 Å². The number of carbonyl (C=O) groups excluding carboxylic acids is 1. The second kappa shape index (κ2) is 9.88. The Hall–Kier alpha value is -4.29. The van der Waals surface area contributed by atoms with E-state index in [0.29, 0.717) is 11.6 Å². The van der Waals surface area contributed by atoms with Crippen LogP contribution in [0.25, 0.3) is 11.5 Å². The summed E-state index contributed by atoms with van der Waals surface area (Å²) in [5.41, 5.74) is 6.78. The number of nitrogens with zero attached hydrogens (tertiary/aromatic N) is 4. The van der Waals surface area contributed by atoms with Gasteiger partial charge in [-0.25, -0.2) is 9.48 Å². The lowest BCUT2D eigenvalue weighted by atomic mass is 10.0. The fraction of sp³-hybridized carbons (Fsp3) is 0.161. The summed E-state index contributed by atoms with van der Waals surface area (Å²) in [4.78, 5) is 15.9. The molecule has 3 aromatic carbocycles. The molecule has 0 radical (unpaired) electrons. The summed E-state index contributed by atoms with van der Waals surface area (Å²) in [5.74, 6) is 0.940. The first kappa shape index (κ1) is 24.1. The van der Waals surface area contributed by atoms with Crippen molar-refractivity contribution in [3.63, 3.8) is 0 Å². The Bertz CT molecular complexity index is 1590. The number of anilines is 1. The van der Waals surface area contributed by atoms with Gasteiger partial charge in [0.2, 0.25) is 0 Å². The Balaban J connectivity index is 1.50. The molecule has 0 unspecified atom stereocenters. The van der Waals surface area contributed by atoms with Crippen molar-refractivity contribution >= 4 is 23.3 Å². The van der Waals surface area contributed by atoms with E-state index in [4.69, 9.17) is 16.7 Å². The third-order valence-electron chi connectivity index (χ3n) is 7.15. The van der Waals surface area contributed by atoms with Crippen LogP contribution in [0, 0.1) is 6.92 Å². The van der Waals surface area contributed by atoms with E-state index in [1.165, 1.54) is 5.56 Å². The number of halogens is 1. The van der Waals surface area contributed by atoms with Gasteiger partial charge in [0.25, 0.3) is 0 Å². The highest BCUT2D eigenvalue weighted by Gasteiger charge is 2.36. The molecule has 7 heteroatoms. The largest absolute Gasteiger partial charge is 0.322 e. The number of hydrogen-bond acceptors (Lipinski definition) is 2. The van der Waals surface area contributed by atoms with Crippen molar-refractivity contribution in [2.75, 3.05) is 5.32 Å². The Morgan fingerprint density at radius 1 is 0.974 bits per heavy atom. The quantitative estimate of drug-likeness (QED) is 0.269. The minimum absolute atomic E-state index is 0.179. The van der Waals surface area contributed by atoms with Crippen LogP contribution in [0.2, 0.25) is 5.02 Å². The van der Waals surface area contributed by atoms with Gasteiger partial charge in [0.1, 0.15) is 5.82 Å².